The monoisotopic (exact) mass is 476 g/mol. The van der Waals surface area contributed by atoms with Crippen LogP contribution in [0.15, 0.2) is 35.1 Å². The maximum atomic E-state index is 13.2. The molecule has 182 valence electrons. The van der Waals surface area contributed by atoms with Gasteiger partial charge in [0.2, 0.25) is 5.91 Å². The van der Waals surface area contributed by atoms with E-state index < -0.39 is 0 Å². The first-order chi connectivity index (χ1) is 16.9. The van der Waals surface area contributed by atoms with Crippen molar-refractivity contribution in [1.82, 2.24) is 19.9 Å². The Morgan fingerprint density at radius 2 is 1.89 bits per heavy atom. The molecular weight excluding hydrogens is 448 g/mol. The number of rotatable bonds is 6. The summed E-state index contributed by atoms with van der Waals surface area (Å²) in [6.07, 6.45) is 2.72. The molecule has 0 spiro atoms. The second-order valence-electron chi connectivity index (χ2n) is 8.72. The molecule has 0 saturated heterocycles. The van der Waals surface area contributed by atoms with E-state index in [2.05, 4.69) is 15.3 Å². The fourth-order valence-corrected chi connectivity index (χ4v) is 4.94. The third-order valence-corrected chi connectivity index (χ3v) is 6.70. The SMILES string of the molecule is COc1ccc2[nH]c3c(c2c1)CCC[C@@H]3NC(=O)Cn1c(C)nc2cc(OC)c(OC)cc2c1=O. The summed E-state index contributed by atoms with van der Waals surface area (Å²) in [6, 6.07) is 9.06. The second kappa shape index (κ2) is 8.98. The number of benzene rings is 2. The highest BCUT2D eigenvalue weighted by molar-refractivity contribution is 5.87. The Morgan fingerprint density at radius 3 is 2.63 bits per heavy atom. The van der Waals surface area contributed by atoms with E-state index in [-0.39, 0.29) is 24.1 Å². The standard InChI is InChI=1S/C26H28N4O5/c1-14-27-21-12-23(35-4)22(34-3)11-18(21)26(32)30(14)13-24(31)28-20-7-5-6-16-17-10-15(33-2)8-9-19(17)29-25(16)20/h8-12,20,29H,5-7,13H2,1-4H3,(H,28,31)/t20-/m0/s1. The quantitative estimate of drug-likeness (QED) is 0.442. The minimum absolute atomic E-state index is 0.123. The average Bonchev–Trinajstić information content (AvgIpc) is 3.24. The maximum absolute atomic E-state index is 13.2. The van der Waals surface area contributed by atoms with Crippen molar-refractivity contribution in [2.45, 2.75) is 38.8 Å². The highest BCUT2D eigenvalue weighted by Gasteiger charge is 2.26. The van der Waals surface area contributed by atoms with Crippen LogP contribution in [0.5, 0.6) is 17.2 Å². The van der Waals surface area contributed by atoms with Crippen LogP contribution in [0.1, 0.15) is 36.0 Å². The fourth-order valence-electron chi connectivity index (χ4n) is 4.94. The Hall–Kier alpha value is -4.01. The largest absolute Gasteiger partial charge is 0.497 e. The predicted octanol–water partition coefficient (Wildman–Crippen LogP) is 3.41. The second-order valence-corrected chi connectivity index (χ2v) is 8.72. The number of methoxy groups -OCH3 is 3. The fraction of sp³-hybridized carbons (Fsp3) is 0.346. The highest BCUT2D eigenvalue weighted by atomic mass is 16.5. The Kier molecular flexibility index (Phi) is 5.84. The number of fused-ring (bicyclic) bond motifs is 4. The smallest absolute Gasteiger partial charge is 0.262 e. The number of H-pyrrole nitrogens is 1. The van der Waals surface area contributed by atoms with Crippen LogP contribution in [-0.4, -0.2) is 41.8 Å². The van der Waals surface area contributed by atoms with Crippen molar-refractivity contribution in [2.75, 3.05) is 21.3 Å². The molecule has 35 heavy (non-hydrogen) atoms. The van der Waals surface area contributed by atoms with Crippen molar-refractivity contribution in [3.63, 3.8) is 0 Å². The van der Waals surface area contributed by atoms with Crippen molar-refractivity contribution < 1.29 is 19.0 Å². The molecular formula is C26H28N4O5. The molecule has 9 nitrogen and oxygen atoms in total. The lowest BCUT2D eigenvalue weighted by Gasteiger charge is -2.24. The van der Waals surface area contributed by atoms with Crippen LogP contribution in [-0.2, 0) is 17.8 Å². The molecule has 0 fully saturated rings. The average molecular weight is 477 g/mol. The summed E-state index contributed by atoms with van der Waals surface area (Å²) in [6.45, 7) is 1.59. The lowest BCUT2D eigenvalue weighted by Crippen LogP contribution is -2.37. The van der Waals surface area contributed by atoms with E-state index in [1.54, 1.807) is 26.2 Å². The van der Waals surface area contributed by atoms with Crippen LogP contribution < -0.4 is 25.1 Å². The van der Waals surface area contributed by atoms with E-state index in [9.17, 15) is 9.59 Å². The number of aromatic amines is 1. The number of carbonyl (C=O) groups is 1. The van der Waals surface area contributed by atoms with Gasteiger partial charge in [-0.1, -0.05) is 0 Å². The summed E-state index contributed by atoms with van der Waals surface area (Å²) in [5.41, 5.74) is 3.44. The van der Waals surface area contributed by atoms with Crippen molar-refractivity contribution in [2.24, 2.45) is 0 Å². The van der Waals surface area contributed by atoms with Gasteiger partial charge in [0.25, 0.3) is 5.56 Å². The molecule has 1 atom stereocenters. The Balaban J connectivity index is 1.43. The lowest BCUT2D eigenvalue weighted by molar-refractivity contribution is -0.122. The van der Waals surface area contributed by atoms with Gasteiger partial charge in [0.1, 0.15) is 18.1 Å². The number of ether oxygens (including phenoxy) is 3. The molecule has 0 bridgehead atoms. The van der Waals surface area contributed by atoms with Gasteiger partial charge in [0.15, 0.2) is 11.5 Å². The van der Waals surface area contributed by atoms with Crippen LogP contribution in [0.3, 0.4) is 0 Å². The van der Waals surface area contributed by atoms with E-state index in [1.807, 2.05) is 18.2 Å². The van der Waals surface area contributed by atoms with E-state index in [4.69, 9.17) is 14.2 Å². The van der Waals surface area contributed by atoms with Gasteiger partial charge >= 0.3 is 0 Å². The van der Waals surface area contributed by atoms with Crippen molar-refractivity contribution in [3.05, 3.63) is 57.8 Å². The zero-order chi connectivity index (χ0) is 24.7. The molecule has 1 amide bonds. The first-order valence-corrected chi connectivity index (χ1v) is 11.5. The van der Waals surface area contributed by atoms with Gasteiger partial charge in [0.05, 0.1) is 38.3 Å². The molecule has 0 aliphatic heterocycles. The number of aryl methyl sites for hydroxylation is 2. The van der Waals surface area contributed by atoms with E-state index >= 15 is 0 Å². The molecule has 2 N–H and O–H groups in total. The van der Waals surface area contributed by atoms with E-state index in [0.717, 1.165) is 41.6 Å². The van der Waals surface area contributed by atoms with Crippen molar-refractivity contribution in [1.29, 1.82) is 0 Å². The molecule has 1 aliphatic carbocycles. The molecule has 0 saturated carbocycles. The number of amides is 1. The molecule has 4 aromatic rings. The summed E-state index contributed by atoms with van der Waals surface area (Å²) < 4.78 is 17.4. The number of nitrogens with zero attached hydrogens (tertiary/aromatic N) is 2. The summed E-state index contributed by atoms with van der Waals surface area (Å²) in [5.74, 6) is 1.94. The predicted molar refractivity (Wildman–Crippen MR) is 133 cm³/mol. The first kappa shape index (κ1) is 22.8. The Bertz CT molecular complexity index is 1500. The summed E-state index contributed by atoms with van der Waals surface area (Å²) in [7, 11) is 4.69. The normalized spacial score (nSPS) is 15.1. The molecule has 2 aromatic heterocycles. The molecule has 5 rings (SSSR count). The number of hydrogen-bond acceptors (Lipinski definition) is 6. The van der Waals surface area contributed by atoms with Gasteiger partial charge in [-0.15, -0.1) is 0 Å². The molecule has 0 radical (unpaired) electrons. The van der Waals surface area contributed by atoms with Gasteiger partial charge < -0.3 is 24.5 Å². The zero-order valence-corrected chi connectivity index (χ0v) is 20.2. The number of aromatic nitrogens is 3. The van der Waals surface area contributed by atoms with Gasteiger partial charge in [-0.2, -0.15) is 0 Å². The number of nitrogens with one attached hydrogen (secondary N) is 2. The lowest BCUT2D eigenvalue weighted by atomic mass is 9.91. The van der Waals surface area contributed by atoms with Crippen LogP contribution in [0.25, 0.3) is 21.8 Å². The first-order valence-electron chi connectivity index (χ1n) is 11.5. The minimum Gasteiger partial charge on any atom is -0.497 e. The molecule has 2 heterocycles. The van der Waals surface area contributed by atoms with Gasteiger partial charge in [-0.25, -0.2) is 4.98 Å². The number of carbonyl (C=O) groups excluding carboxylic acids is 1. The highest BCUT2D eigenvalue weighted by Crippen LogP contribution is 2.36. The van der Waals surface area contributed by atoms with Crippen molar-refractivity contribution in [3.8, 4) is 17.2 Å². The van der Waals surface area contributed by atoms with Crippen molar-refractivity contribution >= 4 is 27.7 Å². The maximum Gasteiger partial charge on any atom is 0.262 e. The summed E-state index contributed by atoms with van der Waals surface area (Å²) in [5, 5.41) is 4.61. The topological polar surface area (TPSA) is 107 Å². The van der Waals surface area contributed by atoms with Crippen LogP contribution in [0, 0.1) is 6.92 Å². The third-order valence-electron chi connectivity index (χ3n) is 6.70. The van der Waals surface area contributed by atoms with Gasteiger partial charge in [-0.05, 0) is 56.0 Å². The molecule has 9 heteroatoms. The van der Waals surface area contributed by atoms with Gasteiger partial charge in [-0.3, -0.25) is 14.2 Å². The number of hydrogen-bond donors (Lipinski definition) is 2. The third kappa shape index (κ3) is 3.96. The van der Waals surface area contributed by atoms with Crippen LogP contribution in [0.4, 0.5) is 0 Å². The Morgan fingerprint density at radius 1 is 1.11 bits per heavy atom. The van der Waals surface area contributed by atoms with Gasteiger partial charge in [0, 0.05) is 22.7 Å². The summed E-state index contributed by atoms with van der Waals surface area (Å²) >= 11 is 0. The summed E-state index contributed by atoms with van der Waals surface area (Å²) in [4.78, 5) is 34.4. The zero-order valence-electron chi connectivity index (χ0n) is 20.2. The van der Waals surface area contributed by atoms with Crippen LogP contribution >= 0.6 is 0 Å². The van der Waals surface area contributed by atoms with E-state index in [1.165, 1.54) is 24.4 Å². The molecule has 1 aliphatic rings. The molecule has 0 unspecified atom stereocenters. The van der Waals surface area contributed by atoms with Crippen LogP contribution in [0.2, 0.25) is 0 Å². The Labute approximate surface area is 202 Å². The minimum atomic E-state index is -0.300. The van der Waals surface area contributed by atoms with E-state index in [0.29, 0.717) is 28.2 Å². The molecule has 2 aromatic carbocycles.